The first-order valence-electron chi connectivity index (χ1n) is 5.79. The minimum Gasteiger partial charge on any atom is -0.384 e. The minimum atomic E-state index is 0.0148. The maximum Gasteiger partial charge on any atom is 0.160 e. The molecule has 0 spiro atoms. The third kappa shape index (κ3) is 2.32. The molecule has 1 atom stereocenters. The highest BCUT2D eigenvalue weighted by molar-refractivity contribution is 5.31. The van der Waals surface area contributed by atoms with Gasteiger partial charge >= 0.3 is 0 Å². The summed E-state index contributed by atoms with van der Waals surface area (Å²) in [6.45, 7) is 4.20. The average molecular weight is 221 g/mol. The average Bonchev–Trinajstić information content (AvgIpc) is 3.02. The fourth-order valence-electron chi connectivity index (χ4n) is 1.84. The number of ether oxygens (including phenoxy) is 1. The van der Waals surface area contributed by atoms with E-state index >= 15 is 0 Å². The Hall–Kier alpha value is -1.16. The summed E-state index contributed by atoms with van der Waals surface area (Å²) < 4.78 is 5.47. The molecule has 0 bridgehead atoms. The van der Waals surface area contributed by atoms with Crippen LogP contribution in [-0.4, -0.2) is 17.1 Å². The smallest absolute Gasteiger partial charge is 0.160 e. The Morgan fingerprint density at radius 1 is 1.38 bits per heavy atom. The minimum absolute atomic E-state index is 0.0148. The molecule has 2 N–H and O–H groups in total. The molecule has 0 saturated heterocycles. The van der Waals surface area contributed by atoms with Crippen LogP contribution < -0.4 is 5.73 Å². The normalized spacial score (nSPS) is 17.8. The maximum absolute atomic E-state index is 5.80. The van der Waals surface area contributed by atoms with Gasteiger partial charge in [0.05, 0.1) is 0 Å². The first kappa shape index (κ1) is 11.3. The molecule has 1 aliphatic carbocycles. The lowest BCUT2D eigenvalue weighted by molar-refractivity contribution is 0.0771. The van der Waals surface area contributed by atoms with Gasteiger partial charge in [-0.1, -0.05) is 13.8 Å². The summed E-state index contributed by atoms with van der Waals surface area (Å²) >= 11 is 0. The van der Waals surface area contributed by atoms with E-state index in [2.05, 4.69) is 23.8 Å². The first-order chi connectivity index (χ1) is 7.61. The van der Waals surface area contributed by atoms with Crippen molar-refractivity contribution in [1.82, 2.24) is 9.97 Å². The lowest BCUT2D eigenvalue weighted by Crippen LogP contribution is -2.12. The molecule has 0 radical (unpaired) electrons. The van der Waals surface area contributed by atoms with Gasteiger partial charge in [-0.2, -0.15) is 0 Å². The third-order valence-electron chi connectivity index (χ3n) is 2.93. The van der Waals surface area contributed by atoms with Gasteiger partial charge in [0, 0.05) is 18.9 Å². The van der Waals surface area contributed by atoms with Crippen molar-refractivity contribution in [3.63, 3.8) is 0 Å². The van der Waals surface area contributed by atoms with Gasteiger partial charge in [-0.25, -0.2) is 9.97 Å². The number of nitrogens with zero attached hydrogens (tertiary/aromatic N) is 2. The zero-order valence-electron chi connectivity index (χ0n) is 10.1. The predicted molar refractivity (Wildman–Crippen MR) is 63.0 cm³/mol. The molecule has 0 aliphatic heterocycles. The van der Waals surface area contributed by atoms with E-state index in [-0.39, 0.29) is 6.10 Å². The number of nitrogen functional groups attached to an aromatic ring is 1. The summed E-state index contributed by atoms with van der Waals surface area (Å²) in [6, 6.07) is 1.84. The number of anilines is 1. The zero-order valence-corrected chi connectivity index (χ0v) is 10.1. The van der Waals surface area contributed by atoms with Crippen LogP contribution >= 0.6 is 0 Å². The van der Waals surface area contributed by atoms with Gasteiger partial charge in [0.15, 0.2) is 5.82 Å². The van der Waals surface area contributed by atoms with E-state index in [0.29, 0.717) is 17.7 Å². The quantitative estimate of drug-likeness (QED) is 0.847. The van der Waals surface area contributed by atoms with Crippen LogP contribution in [0.3, 0.4) is 0 Å². The van der Waals surface area contributed by atoms with E-state index < -0.39 is 0 Å². The Labute approximate surface area is 96.2 Å². The van der Waals surface area contributed by atoms with Crippen molar-refractivity contribution < 1.29 is 4.74 Å². The van der Waals surface area contributed by atoms with E-state index in [1.165, 1.54) is 12.8 Å². The number of aromatic nitrogens is 2. The Kier molecular flexibility index (Phi) is 3.10. The number of methoxy groups -OCH3 is 1. The highest BCUT2D eigenvalue weighted by atomic mass is 16.5. The summed E-state index contributed by atoms with van der Waals surface area (Å²) in [5.41, 5.74) is 6.79. The Bertz CT molecular complexity index is 375. The van der Waals surface area contributed by atoms with E-state index in [1.807, 2.05) is 6.07 Å². The van der Waals surface area contributed by atoms with E-state index in [0.717, 1.165) is 11.5 Å². The summed E-state index contributed by atoms with van der Waals surface area (Å²) in [4.78, 5) is 8.84. The lowest BCUT2D eigenvalue weighted by Gasteiger charge is -2.15. The van der Waals surface area contributed by atoms with Gasteiger partial charge in [-0.05, 0) is 24.7 Å². The topological polar surface area (TPSA) is 61.0 Å². The highest BCUT2D eigenvalue weighted by Crippen LogP contribution is 2.42. The molecule has 1 saturated carbocycles. The molecule has 4 heteroatoms. The summed E-state index contributed by atoms with van der Waals surface area (Å²) in [5.74, 6) is 2.22. The van der Waals surface area contributed by atoms with Crippen molar-refractivity contribution in [3.8, 4) is 0 Å². The molecule has 4 nitrogen and oxygen atoms in total. The van der Waals surface area contributed by atoms with Gasteiger partial charge < -0.3 is 10.5 Å². The van der Waals surface area contributed by atoms with E-state index in [1.54, 1.807) is 7.11 Å². The van der Waals surface area contributed by atoms with Crippen LogP contribution in [0.4, 0.5) is 5.82 Å². The molecule has 0 amide bonds. The van der Waals surface area contributed by atoms with Gasteiger partial charge in [0.2, 0.25) is 0 Å². The number of rotatable bonds is 4. The monoisotopic (exact) mass is 221 g/mol. The summed E-state index contributed by atoms with van der Waals surface area (Å²) in [6.07, 6.45) is 2.42. The SMILES string of the molecule is COC(c1nc(N)cc(C(C)C)n1)C1CC1. The standard InChI is InChI=1S/C12H19N3O/c1-7(2)9-6-10(13)15-12(14-9)11(16-3)8-4-5-8/h6-8,11H,4-5H2,1-3H3,(H2,13,14,15). The molecule has 1 heterocycles. The van der Waals surface area contributed by atoms with Crippen molar-refractivity contribution in [3.05, 3.63) is 17.6 Å². The largest absolute Gasteiger partial charge is 0.384 e. The van der Waals surface area contributed by atoms with Crippen LogP contribution in [0.2, 0.25) is 0 Å². The number of hydrogen-bond donors (Lipinski definition) is 1. The predicted octanol–water partition coefficient (Wildman–Crippen LogP) is 2.28. The molecule has 1 fully saturated rings. The highest BCUT2D eigenvalue weighted by Gasteiger charge is 2.34. The maximum atomic E-state index is 5.80. The van der Waals surface area contributed by atoms with Crippen LogP contribution in [0.15, 0.2) is 6.07 Å². The second-order valence-corrected chi connectivity index (χ2v) is 4.72. The van der Waals surface area contributed by atoms with Gasteiger partial charge in [0.1, 0.15) is 11.9 Å². The molecule has 1 aromatic heterocycles. The molecule has 2 rings (SSSR count). The Balaban J connectivity index is 2.31. The van der Waals surface area contributed by atoms with Crippen LogP contribution in [-0.2, 0) is 4.74 Å². The van der Waals surface area contributed by atoms with Crippen molar-refractivity contribution in [1.29, 1.82) is 0 Å². The van der Waals surface area contributed by atoms with Gasteiger partial charge in [0.25, 0.3) is 0 Å². The van der Waals surface area contributed by atoms with Crippen molar-refractivity contribution >= 4 is 5.82 Å². The van der Waals surface area contributed by atoms with Crippen LogP contribution in [0.1, 0.15) is 50.2 Å². The van der Waals surface area contributed by atoms with Crippen molar-refractivity contribution in [2.45, 2.75) is 38.7 Å². The molecule has 0 aromatic carbocycles. The number of nitrogens with two attached hydrogens (primary N) is 1. The van der Waals surface area contributed by atoms with E-state index in [4.69, 9.17) is 10.5 Å². The van der Waals surface area contributed by atoms with Crippen molar-refractivity contribution in [2.24, 2.45) is 5.92 Å². The molecule has 1 unspecified atom stereocenters. The Morgan fingerprint density at radius 2 is 2.06 bits per heavy atom. The molecular weight excluding hydrogens is 202 g/mol. The Morgan fingerprint density at radius 3 is 2.56 bits per heavy atom. The van der Waals surface area contributed by atoms with Gasteiger partial charge in [-0.3, -0.25) is 0 Å². The lowest BCUT2D eigenvalue weighted by atomic mass is 10.1. The van der Waals surface area contributed by atoms with Gasteiger partial charge in [-0.15, -0.1) is 0 Å². The second-order valence-electron chi connectivity index (χ2n) is 4.72. The fraction of sp³-hybridized carbons (Fsp3) is 0.667. The van der Waals surface area contributed by atoms with Crippen molar-refractivity contribution in [2.75, 3.05) is 12.8 Å². The molecular formula is C12H19N3O. The third-order valence-corrected chi connectivity index (χ3v) is 2.93. The molecule has 88 valence electrons. The zero-order chi connectivity index (χ0) is 11.7. The van der Waals surface area contributed by atoms with Crippen LogP contribution in [0, 0.1) is 5.92 Å². The second kappa shape index (κ2) is 4.37. The molecule has 16 heavy (non-hydrogen) atoms. The summed E-state index contributed by atoms with van der Waals surface area (Å²) in [7, 11) is 1.71. The fourth-order valence-corrected chi connectivity index (χ4v) is 1.84. The molecule has 1 aromatic rings. The number of hydrogen-bond acceptors (Lipinski definition) is 4. The first-order valence-corrected chi connectivity index (χ1v) is 5.79. The molecule has 1 aliphatic rings. The van der Waals surface area contributed by atoms with Crippen LogP contribution in [0.5, 0.6) is 0 Å². The summed E-state index contributed by atoms with van der Waals surface area (Å²) in [5, 5.41) is 0. The van der Waals surface area contributed by atoms with E-state index in [9.17, 15) is 0 Å². The van der Waals surface area contributed by atoms with Crippen LogP contribution in [0.25, 0.3) is 0 Å².